The number of methoxy groups -OCH3 is 3. The fourth-order valence-corrected chi connectivity index (χ4v) is 4.81. The van der Waals surface area contributed by atoms with E-state index in [9.17, 15) is 4.79 Å². The molecule has 0 unspecified atom stereocenters. The van der Waals surface area contributed by atoms with Crippen molar-refractivity contribution in [2.45, 2.75) is 12.1 Å². The van der Waals surface area contributed by atoms with Crippen LogP contribution in [0.4, 0.5) is 5.69 Å². The third kappa shape index (κ3) is 4.61. The van der Waals surface area contributed by atoms with Crippen molar-refractivity contribution in [3.05, 3.63) is 96.0 Å². The van der Waals surface area contributed by atoms with Gasteiger partial charge in [0, 0.05) is 17.8 Å². The number of thiocarbonyl (C=S) groups is 1. The number of pyridine rings is 1. The minimum atomic E-state index is -0.410. The number of benzene rings is 2. The first kappa shape index (κ1) is 24.3. The Kier molecular flexibility index (Phi) is 6.78. The molecule has 0 radical (unpaired) electrons. The molecule has 5 rings (SSSR count). The van der Waals surface area contributed by atoms with Gasteiger partial charge in [-0.15, -0.1) is 0 Å². The van der Waals surface area contributed by atoms with E-state index in [4.69, 9.17) is 30.8 Å². The molecule has 8 nitrogen and oxygen atoms in total. The Bertz CT molecular complexity index is 1440. The summed E-state index contributed by atoms with van der Waals surface area (Å²) in [6, 6.07) is 21.6. The summed E-state index contributed by atoms with van der Waals surface area (Å²) < 4.78 is 22.3. The molecule has 4 aromatic rings. The predicted octanol–water partition coefficient (Wildman–Crippen LogP) is 5.32. The maximum absolute atomic E-state index is 12.0. The van der Waals surface area contributed by atoms with Crippen molar-refractivity contribution in [2.75, 3.05) is 26.2 Å². The molecule has 0 spiro atoms. The Labute approximate surface area is 219 Å². The zero-order chi connectivity index (χ0) is 25.9. The van der Waals surface area contributed by atoms with Crippen molar-refractivity contribution in [2.24, 2.45) is 0 Å². The number of furan rings is 1. The van der Waals surface area contributed by atoms with E-state index in [0.29, 0.717) is 33.7 Å². The SMILES string of the molecule is COC(=O)c1cccc(-c2ccc([C@H]3[C@H](c4ccccn4)NC(=S)N3c3ccc(OC)cc3OC)o2)c1. The van der Waals surface area contributed by atoms with Gasteiger partial charge in [-0.05, 0) is 60.7 Å². The minimum Gasteiger partial charge on any atom is -0.497 e. The van der Waals surface area contributed by atoms with E-state index in [1.165, 1.54) is 7.11 Å². The van der Waals surface area contributed by atoms with Crippen LogP contribution >= 0.6 is 12.2 Å². The fourth-order valence-electron chi connectivity index (χ4n) is 4.47. The summed E-state index contributed by atoms with van der Waals surface area (Å²) in [5.41, 5.74) is 2.77. The minimum absolute atomic E-state index is 0.291. The van der Waals surface area contributed by atoms with Crippen molar-refractivity contribution in [1.82, 2.24) is 10.3 Å². The van der Waals surface area contributed by atoms with Gasteiger partial charge in [-0.1, -0.05) is 18.2 Å². The molecule has 1 saturated heterocycles. The van der Waals surface area contributed by atoms with Gasteiger partial charge in [0.05, 0.1) is 44.3 Å². The number of carbonyl (C=O) groups excluding carboxylic acids is 1. The number of nitrogens with zero attached hydrogens (tertiary/aromatic N) is 2. The number of hydrogen-bond acceptors (Lipinski definition) is 7. The van der Waals surface area contributed by atoms with Crippen LogP contribution in [0.1, 0.15) is 33.9 Å². The summed E-state index contributed by atoms with van der Waals surface area (Å²) in [6.07, 6.45) is 1.75. The van der Waals surface area contributed by atoms with Crippen molar-refractivity contribution < 1.29 is 23.4 Å². The third-order valence-corrected chi connectivity index (χ3v) is 6.55. The molecule has 3 heterocycles. The number of hydrogen-bond donors (Lipinski definition) is 1. The zero-order valence-corrected chi connectivity index (χ0v) is 21.3. The second-order valence-corrected chi connectivity index (χ2v) is 8.70. The van der Waals surface area contributed by atoms with Gasteiger partial charge in [-0.2, -0.15) is 0 Å². The van der Waals surface area contributed by atoms with Crippen molar-refractivity contribution >= 4 is 29.0 Å². The van der Waals surface area contributed by atoms with E-state index in [-0.39, 0.29) is 12.1 Å². The Hall–Kier alpha value is -4.37. The number of anilines is 1. The van der Waals surface area contributed by atoms with E-state index in [1.807, 2.05) is 59.5 Å². The lowest BCUT2D eigenvalue weighted by atomic mass is 10.0. The molecule has 0 saturated carbocycles. The number of esters is 1. The Morgan fingerprint density at radius 3 is 2.59 bits per heavy atom. The third-order valence-electron chi connectivity index (χ3n) is 6.23. The normalized spacial score (nSPS) is 16.8. The number of carbonyl (C=O) groups is 1. The van der Waals surface area contributed by atoms with Crippen LogP contribution in [0.3, 0.4) is 0 Å². The Morgan fingerprint density at radius 2 is 1.86 bits per heavy atom. The van der Waals surface area contributed by atoms with Crippen molar-refractivity contribution in [3.63, 3.8) is 0 Å². The fraction of sp³-hybridized carbons (Fsp3) is 0.179. The van der Waals surface area contributed by atoms with Gasteiger partial charge in [-0.25, -0.2) is 4.79 Å². The second kappa shape index (κ2) is 10.3. The summed E-state index contributed by atoms with van der Waals surface area (Å²) in [6.45, 7) is 0. The molecular weight excluding hydrogens is 490 g/mol. The molecule has 2 atom stereocenters. The summed E-state index contributed by atoms with van der Waals surface area (Å²) in [4.78, 5) is 18.6. The summed E-state index contributed by atoms with van der Waals surface area (Å²) in [7, 11) is 4.57. The number of aromatic nitrogens is 1. The first-order valence-corrected chi connectivity index (χ1v) is 12.0. The topological polar surface area (TPSA) is 86.1 Å². The van der Waals surface area contributed by atoms with Gasteiger partial charge in [0.25, 0.3) is 0 Å². The average molecular weight is 516 g/mol. The van der Waals surface area contributed by atoms with Crippen LogP contribution in [0.25, 0.3) is 11.3 Å². The lowest BCUT2D eigenvalue weighted by molar-refractivity contribution is 0.0601. The molecule has 0 aliphatic carbocycles. The largest absolute Gasteiger partial charge is 0.497 e. The lowest BCUT2D eigenvalue weighted by Crippen LogP contribution is -2.29. The van der Waals surface area contributed by atoms with Crippen LogP contribution in [0, 0.1) is 0 Å². The van der Waals surface area contributed by atoms with Crippen LogP contribution in [0.5, 0.6) is 11.5 Å². The van der Waals surface area contributed by atoms with Crippen LogP contribution in [0.2, 0.25) is 0 Å². The monoisotopic (exact) mass is 515 g/mol. The molecule has 1 fully saturated rings. The summed E-state index contributed by atoms with van der Waals surface area (Å²) in [5, 5.41) is 3.92. The lowest BCUT2D eigenvalue weighted by Gasteiger charge is -2.27. The standard InChI is InChI=1S/C28H25N3O5S/c1-33-19-10-11-21(24(16-19)34-2)31-26(25(30-28(31)37)20-9-4-5-14-29-20)23-13-12-22(36-23)17-7-6-8-18(15-17)27(32)35-3/h4-16,25-26H,1-3H3,(H,30,37)/t25-,26-/m0/s1. The highest BCUT2D eigenvalue weighted by Gasteiger charge is 2.43. The molecule has 0 amide bonds. The molecule has 1 aliphatic heterocycles. The predicted molar refractivity (Wildman–Crippen MR) is 143 cm³/mol. The second-order valence-electron chi connectivity index (χ2n) is 8.31. The quantitative estimate of drug-likeness (QED) is 0.259. The highest BCUT2D eigenvalue weighted by Crippen LogP contribution is 2.46. The first-order chi connectivity index (χ1) is 18.0. The molecule has 188 valence electrons. The Morgan fingerprint density at radius 1 is 1.00 bits per heavy atom. The molecule has 2 aromatic heterocycles. The molecule has 2 aromatic carbocycles. The first-order valence-electron chi connectivity index (χ1n) is 11.5. The number of ether oxygens (including phenoxy) is 3. The van der Waals surface area contributed by atoms with E-state index in [2.05, 4.69) is 10.3 Å². The molecule has 9 heteroatoms. The van der Waals surface area contributed by atoms with Gasteiger partial charge < -0.3 is 28.8 Å². The van der Waals surface area contributed by atoms with Gasteiger partial charge >= 0.3 is 5.97 Å². The highest BCUT2D eigenvalue weighted by molar-refractivity contribution is 7.80. The van der Waals surface area contributed by atoms with E-state index >= 15 is 0 Å². The smallest absolute Gasteiger partial charge is 0.337 e. The molecule has 1 N–H and O–H groups in total. The van der Waals surface area contributed by atoms with Crippen molar-refractivity contribution in [1.29, 1.82) is 0 Å². The van der Waals surface area contributed by atoms with E-state index < -0.39 is 5.97 Å². The average Bonchev–Trinajstić information content (AvgIpc) is 3.57. The maximum Gasteiger partial charge on any atom is 0.337 e. The van der Waals surface area contributed by atoms with E-state index in [1.54, 1.807) is 38.6 Å². The molecule has 0 bridgehead atoms. The van der Waals surface area contributed by atoms with Gasteiger partial charge in [-0.3, -0.25) is 4.98 Å². The van der Waals surface area contributed by atoms with Crippen LogP contribution < -0.4 is 19.7 Å². The van der Waals surface area contributed by atoms with Gasteiger partial charge in [0.1, 0.15) is 29.1 Å². The van der Waals surface area contributed by atoms with Crippen LogP contribution in [0.15, 0.2) is 83.4 Å². The van der Waals surface area contributed by atoms with Crippen LogP contribution in [-0.4, -0.2) is 37.4 Å². The van der Waals surface area contributed by atoms with Crippen molar-refractivity contribution in [3.8, 4) is 22.8 Å². The van der Waals surface area contributed by atoms with E-state index in [0.717, 1.165) is 16.9 Å². The van der Waals surface area contributed by atoms with Gasteiger partial charge in [0.2, 0.25) is 0 Å². The number of rotatable bonds is 7. The zero-order valence-electron chi connectivity index (χ0n) is 20.5. The maximum atomic E-state index is 12.0. The Balaban J connectivity index is 1.60. The highest BCUT2D eigenvalue weighted by atomic mass is 32.1. The van der Waals surface area contributed by atoms with Crippen LogP contribution in [-0.2, 0) is 4.74 Å². The summed E-state index contributed by atoms with van der Waals surface area (Å²) >= 11 is 5.81. The molecule has 37 heavy (non-hydrogen) atoms. The number of nitrogens with one attached hydrogen (secondary N) is 1. The summed E-state index contributed by atoms with van der Waals surface area (Å²) in [5.74, 6) is 2.14. The van der Waals surface area contributed by atoms with Gasteiger partial charge in [0.15, 0.2) is 5.11 Å². The molecule has 1 aliphatic rings. The molecular formula is C28H25N3O5S.